The zero-order valence-corrected chi connectivity index (χ0v) is 15.3. The average molecular weight is 373 g/mol. The van der Waals surface area contributed by atoms with E-state index in [0.29, 0.717) is 35.1 Å². The van der Waals surface area contributed by atoms with Crippen LogP contribution >= 0.6 is 11.6 Å². The second-order valence-corrected chi connectivity index (χ2v) is 6.63. The van der Waals surface area contributed by atoms with Gasteiger partial charge in [0.15, 0.2) is 5.78 Å². The standard InChI is InChI=1S/C20H21ClN2O3/c1-14(23-10-12-26-13-11-23)20(25)22-18-5-3-2-4-17(18)19(24)15-6-8-16(21)9-7-15/h2-9,14H,10-13H2,1H3,(H,22,25). The van der Waals surface area contributed by atoms with E-state index in [2.05, 4.69) is 10.2 Å². The van der Waals surface area contributed by atoms with E-state index in [0.717, 1.165) is 13.1 Å². The van der Waals surface area contributed by atoms with Gasteiger partial charge in [0.25, 0.3) is 0 Å². The number of ether oxygens (including phenoxy) is 1. The molecule has 26 heavy (non-hydrogen) atoms. The number of anilines is 1. The van der Waals surface area contributed by atoms with Crippen molar-refractivity contribution >= 4 is 29.0 Å². The smallest absolute Gasteiger partial charge is 0.241 e. The van der Waals surface area contributed by atoms with Gasteiger partial charge in [0.1, 0.15) is 0 Å². The number of halogens is 1. The Balaban J connectivity index is 1.77. The Bertz CT molecular complexity index is 786. The van der Waals surface area contributed by atoms with Crippen LogP contribution < -0.4 is 5.32 Å². The van der Waals surface area contributed by atoms with E-state index >= 15 is 0 Å². The summed E-state index contributed by atoms with van der Waals surface area (Å²) >= 11 is 5.89. The molecule has 0 saturated carbocycles. The molecule has 0 aromatic heterocycles. The van der Waals surface area contributed by atoms with Gasteiger partial charge >= 0.3 is 0 Å². The minimum Gasteiger partial charge on any atom is -0.379 e. The first kappa shape index (κ1) is 18.6. The van der Waals surface area contributed by atoms with Crippen molar-refractivity contribution in [2.24, 2.45) is 0 Å². The highest BCUT2D eigenvalue weighted by Crippen LogP contribution is 2.21. The molecular weight excluding hydrogens is 352 g/mol. The van der Waals surface area contributed by atoms with Crippen molar-refractivity contribution in [3.63, 3.8) is 0 Å². The Morgan fingerprint density at radius 3 is 2.42 bits per heavy atom. The molecule has 5 nitrogen and oxygen atoms in total. The lowest BCUT2D eigenvalue weighted by Gasteiger charge is -2.31. The number of nitrogens with one attached hydrogen (secondary N) is 1. The molecule has 1 unspecified atom stereocenters. The summed E-state index contributed by atoms with van der Waals surface area (Å²) in [4.78, 5) is 27.5. The summed E-state index contributed by atoms with van der Waals surface area (Å²) in [5, 5.41) is 3.47. The topological polar surface area (TPSA) is 58.6 Å². The van der Waals surface area contributed by atoms with Crippen LogP contribution in [0.15, 0.2) is 48.5 Å². The third-order valence-corrected chi connectivity index (χ3v) is 4.76. The van der Waals surface area contributed by atoms with Crippen LogP contribution in [0.25, 0.3) is 0 Å². The maximum absolute atomic E-state index is 12.8. The molecule has 1 saturated heterocycles. The van der Waals surface area contributed by atoms with Gasteiger partial charge < -0.3 is 10.1 Å². The van der Waals surface area contributed by atoms with Crippen LogP contribution in [0.2, 0.25) is 5.02 Å². The van der Waals surface area contributed by atoms with Gasteiger partial charge in [-0.2, -0.15) is 0 Å². The minimum atomic E-state index is -0.294. The number of nitrogens with zero attached hydrogens (tertiary/aromatic N) is 1. The largest absolute Gasteiger partial charge is 0.379 e. The van der Waals surface area contributed by atoms with Gasteiger partial charge in [-0.05, 0) is 43.3 Å². The SMILES string of the molecule is CC(C(=O)Nc1ccccc1C(=O)c1ccc(Cl)cc1)N1CCOCC1. The Hall–Kier alpha value is -2.21. The third-order valence-electron chi connectivity index (χ3n) is 4.51. The molecule has 136 valence electrons. The second-order valence-electron chi connectivity index (χ2n) is 6.20. The van der Waals surface area contributed by atoms with Gasteiger partial charge in [0.05, 0.1) is 24.9 Å². The molecule has 1 heterocycles. The molecule has 1 atom stereocenters. The molecular formula is C20H21ClN2O3. The molecule has 1 fully saturated rings. The van der Waals surface area contributed by atoms with Crippen molar-refractivity contribution in [1.82, 2.24) is 4.90 Å². The molecule has 0 radical (unpaired) electrons. The molecule has 6 heteroatoms. The highest BCUT2D eigenvalue weighted by molar-refractivity contribution is 6.30. The van der Waals surface area contributed by atoms with Crippen LogP contribution in [0.4, 0.5) is 5.69 Å². The van der Waals surface area contributed by atoms with Crippen molar-refractivity contribution in [3.8, 4) is 0 Å². The van der Waals surface area contributed by atoms with Gasteiger partial charge in [-0.1, -0.05) is 23.7 Å². The number of morpholine rings is 1. The van der Waals surface area contributed by atoms with Crippen molar-refractivity contribution in [2.45, 2.75) is 13.0 Å². The summed E-state index contributed by atoms with van der Waals surface area (Å²) in [5.74, 6) is -0.292. The van der Waals surface area contributed by atoms with Crippen LogP contribution in [0.3, 0.4) is 0 Å². The molecule has 0 spiro atoms. The molecule has 1 amide bonds. The van der Waals surface area contributed by atoms with E-state index < -0.39 is 0 Å². The first-order chi connectivity index (χ1) is 12.6. The lowest BCUT2D eigenvalue weighted by Crippen LogP contribution is -2.47. The van der Waals surface area contributed by atoms with Crippen molar-refractivity contribution < 1.29 is 14.3 Å². The Morgan fingerprint density at radius 1 is 1.08 bits per heavy atom. The number of para-hydroxylation sites is 1. The summed E-state index contributed by atoms with van der Waals surface area (Å²) in [6.07, 6.45) is 0. The van der Waals surface area contributed by atoms with Gasteiger partial charge in [-0.25, -0.2) is 0 Å². The highest BCUT2D eigenvalue weighted by Gasteiger charge is 2.24. The third kappa shape index (κ3) is 4.30. The van der Waals surface area contributed by atoms with E-state index in [1.54, 1.807) is 48.5 Å². The van der Waals surface area contributed by atoms with E-state index in [4.69, 9.17) is 16.3 Å². The summed E-state index contributed by atoms with van der Waals surface area (Å²) < 4.78 is 5.33. The molecule has 2 aromatic carbocycles. The predicted octanol–water partition coefficient (Wildman–Crippen LogP) is 3.23. The van der Waals surface area contributed by atoms with Crippen molar-refractivity contribution in [3.05, 3.63) is 64.7 Å². The monoisotopic (exact) mass is 372 g/mol. The van der Waals surface area contributed by atoms with E-state index in [1.807, 2.05) is 6.92 Å². The number of amides is 1. The average Bonchev–Trinajstić information content (AvgIpc) is 2.68. The van der Waals surface area contributed by atoms with Crippen molar-refractivity contribution in [2.75, 3.05) is 31.6 Å². The quantitative estimate of drug-likeness (QED) is 0.819. The van der Waals surface area contributed by atoms with Gasteiger partial charge in [-0.15, -0.1) is 0 Å². The number of carbonyl (C=O) groups excluding carboxylic acids is 2. The van der Waals surface area contributed by atoms with E-state index in [1.165, 1.54) is 0 Å². The first-order valence-electron chi connectivity index (χ1n) is 8.58. The van der Waals surface area contributed by atoms with E-state index in [9.17, 15) is 9.59 Å². The van der Waals surface area contributed by atoms with Crippen molar-refractivity contribution in [1.29, 1.82) is 0 Å². The number of ketones is 1. The molecule has 1 aliphatic rings. The fourth-order valence-corrected chi connectivity index (χ4v) is 3.04. The second kappa shape index (κ2) is 8.45. The molecule has 1 aliphatic heterocycles. The predicted molar refractivity (Wildman–Crippen MR) is 102 cm³/mol. The fraction of sp³-hybridized carbons (Fsp3) is 0.300. The minimum absolute atomic E-state index is 0.136. The van der Waals surface area contributed by atoms with Crippen LogP contribution in [-0.2, 0) is 9.53 Å². The summed E-state index contributed by atoms with van der Waals surface area (Å²) in [6, 6.07) is 13.5. The van der Waals surface area contributed by atoms with E-state index in [-0.39, 0.29) is 17.7 Å². The molecule has 3 rings (SSSR count). The van der Waals surface area contributed by atoms with Gasteiger partial charge in [0, 0.05) is 29.2 Å². The van der Waals surface area contributed by atoms with Crippen LogP contribution in [0.1, 0.15) is 22.8 Å². The van der Waals surface area contributed by atoms with Gasteiger partial charge in [0.2, 0.25) is 5.91 Å². The molecule has 0 bridgehead atoms. The number of carbonyl (C=O) groups is 2. The summed E-state index contributed by atoms with van der Waals surface area (Å²) in [5.41, 5.74) is 1.49. The molecule has 2 aromatic rings. The maximum Gasteiger partial charge on any atom is 0.241 e. The number of benzene rings is 2. The fourth-order valence-electron chi connectivity index (χ4n) is 2.91. The number of hydrogen-bond acceptors (Lipinski definition) is 4. The Kier molecular flexibility index (Phi) is 6.04. The van der Waals surface area contributed by atoms with Crippen LogP contribution in [-0.4, -0.2) is 48.9 Å². The van der Waals surface area contributed by atoms with Crippen LogP contribution in [0, 0.1) is 0 Å². The molecule has 1 N–H and O–H groups in total. The molecule has 0 aliphatic carbocycles. The number of rotatable bonds is 5. The maximum atomic E-state index is 12.8. The summed E-state index contributed by atoms with van der Waals surface area (Å²) in [7, 11) is 0. The zero-order valence-electron chi connectivity index (χ0n) is 14.6. The lowest BCUT2D eigenvalue weighted by molar-refractivity contribution is -0.122. The lowest BCUT2D eigenvalue weighted by atomic mass is 10.0. The normalized spacial score (nSPS) is 16.1. The first-order valence-corrected chi connectivity index (χ1v) is 8.96. The highest BCUT2D eigenvalue weighted by atomic mass is 35.5. The van der Waals surface area contributed by atoms with Gasteiger partial charge in [-0.3, -0.25) is 14.5 Å². The number of hydrogen-bond donors (Lipinski definition) is 1. The van der Waals surface area contributed by atoms with Crippen LogP contribution in [0.5, 0.6) is 0 Å². The Labute approximate surface area is 157 Å². The Morgan fingerprint density at radius 2 is 1.73 bits per heavy atom. The summed E-state index contributed by atoms with van der Waals surface area (Å²) in [6.45, 7) is 4.57. The zero-order chi connectivity index (χ0) is 18.5.